The van der Waals surface area contributed by atoms with Gasteiger partial charge in [-0.05, 0) is 69.8 Å². The van der Waals surface area contributed by atoms with Crippen LogP contribution in [0.1, 0.15) is 29.2 Å². The molecular weight excluding hydrogens is 627 g/mol. The third-order valence-electron chi connectivity index (χ3n) is 4.96. The van der Waals surface area contributed by atoms with E-state index in [9.17, 15) is 31.1 Å². The number of alkyl halides is 6. The Kier molecular flexibility index (Phi) is 7.31. The fourth-order valence-corrected chi connectivity index (χ4v) is 6.00. The number of halogens is 7. The SMILES string of the molecule is CCSC1=NC(=O)C(=Cc2ccc3c(c2)c(I)nn3Cc2ccc(C(F)(F)F)cc2C(F)(F)F)S1. The molecule has 0 spiro atoms. The number of aliphatic imine (C=N–C) groups is 1. The molecule has 0 atom stereocenters. The number of amides is 1. The lowest BCUT2D eigenvalue weighted by atomic mass is 10.0. The van der Waals surface area contributed by atoms with Gasteiger partial charge >= 0.3 is 12.4 Å². The molecule has 1 amide bonds. The van der Waals surface area contributed by atoms with Crippen LogP contribution in [0.5, 0.6) is 0 Å². The standard InChI is InChI=1S/C22H14F6IN3OS2/c1-2-34-20-30-19(33)17(35-20)8-11-3-6-16-14(7-11)18(29)31-32(16)10-12-4-5-13(21(23,24)25)9-15(12)22(26,27)28/h3-9H,2,10H2,1H3. The van der Waals surface area contributed by atoms with E-state index < -0.39 is 23.5 Å². The van der Waals surface area contributed by atoms with Crippen LogP contribution in [-0.4, -0.2) is 25.8 Å². The second-order valence-corrected chi connectivity index (χ2v) is 10.9. The zero-order valence-corrected chi connectivity index (χ0v) is 21.5. The van der Waals surface area contributed by atoms with Crippen LogP contribution in [0, 0.1) is 3.70 Å². The van der Waals surface area contributed by atoms with Gasteiger partial charge in [-0.1, -0.05) is 42.6 Å². The highest BCUT2D eigenvalue weighted by Crippen LogP contribution is 2.38. The number of aromatic nitrogens is 2. The van der Waals surface area contributed by atoms with E-state index in [-0.39, 0.29) is 24.1 Å². The number of carbonyl (C=O) groups excluding carboxylic acids is 1. The van der Waals surface area contributed by atoms with Crippen LogP contribution >= 0.6 is 46.1 Å². The first-order chi connectivity index (χ1) is 16.4. The summed E-state index contributed by atoms with van der Waals surface area (Å²) >= 11 is 4.68. The van der Waals surface area contributed by atoms with E-state index in [4.69, 9.17) is 0 Å². The van der Waals surface area contributed by atoms with E-state index in [0.717, 1.165) is 11.8 Å². The maximum Gasteiger partial charge on any atom is 0.416 e. The number of benzene rings is 2. The van der Waals surface area contributed by atoms with Crippen LogP contribution in [0.4, 0.5) is 26.3 Å². The molecule has 0 bridgehead atoms. The van der Waals surface area contributed by atoms with Gasteiger partial charge in [0.15, 0.2) is 0 Å². The molecule has 0 radical (unpaired) electrons. The van der Waals surface area contributed by atoms with Crippen LogP contribution in [0.15, 0.2) is 46.3 Å². The van der Waals surface area contributed by atoms with E-state index in [1.807, 2.05) is 29.5 Å². The monoisotopic (exact) mass is 641 g/mol. The molecule has 0 unspecified atom stereocenters. The van der Waals surface area contributed by atoms with Crippen molar-refractivity contribution in [1.29, 1.82) is 0 Å². The topological polar surface area (TPSA) is 47.2 Å². The van der Waals surface area contributed by atoms with Gasteiger partial charge in [-0.15, -0.1) is 0 Å². The minimum Gasteiger partial charge on any atom is -0.266 e. The van der Waals surface area contributed by atoms with Crippen LogP contribution in [0.3, 0.4) is 0 Å². The Morgan fingerprint density at radius 3 is 2.49 bits per heavy atom. The number of thioether (sulfide) groups is 2. The van der Waals surface area contributed by atoms with Crippen molar-refractivity contribution in [3.05, 3.63) is 67.3 Å². The number of hydrogen-bond acceptors (Lipinski definition) is 4. The molecule has 0 aliphatic carbocycles. The maximum atomic E-state index is 13.5. The van der Waals surface area contributed by atoms with Crippen molar-refractivity contribution < 1.29 is 31.1 Å². The van der Waals surface area contributed by atoms with Gasteiger partial charge in [0.2, 0.25) is 0 Å². The van der Waals surface area contributed by atoms with E-state index in [0.29, 0.717) is 35.5 Å². The second-order valence-electron chi connectivity index (χ2n) is 7.32. The van der Waals surface area contributed by atoms with Gasteiger partial charge in [0.25, 0.3) is 5.91 Å². The Morgan fingerprint density at radius 2 is 1.83 bits per heavy atom. The second kappa shape index (κ2) is 9.81. The number of rotatable bonds is 4. The molecular formula is C22H14F6IN3OS2. The van der Waals surface area contributed by atoms with Crippen LogP contribution in [0.25, 0.3) is 17.0 Å². The van der Waals surface area contributed by atoms with Crippen molar-refractivity contribution in [3.63, 3.8) is 0 Å². The van der Waals surface area contributed by atoms with Crippen LogP contribution < -0.4 is 0 Å². The number of hydrogen-bond donors (Lipinski definition) is 0. The lowest BCUT2D eigenvalue weighted by Gasteiger charge is -2.16. The maximum absolute atomic E-state index is 13.5. The molecule has 1 aliphatic rings. The van der Waals surface area contributed by atoms with Crippen molar-refractivity contribution in [3.8, 4) is 0 Å². The molecule has 0 saturated heterocycles. The van der Waals surface area contributed by atoms with E-state index in [1.54, 1.807) is 24.3 Å². The quantitative estimate of drug-likeness (QED) is 0.169. The van der Waals surface area contributed by atoms with Gasteiger partial charge in [-0.3, -0.25) is 9.48 Å². The summed E-state index contributed by atoms with van der Waals surface area (Å²) in [6.07, 6.45) is -8.17. The summed E-state index contributed by atoms with van der Waals surface area (Å²) in [5.74, 6) is 0.448. The molecule has 0 fully saturated rings. The van der Waals surface area contributed by atoms with Crippen LogP contribution in [-0.2, 0) is 23.7 Å². The van der Waals surface area contributed by atoms with Gasteiger partial charge in [-0.25, -0.2) is 0 Å². The van der Waals surface area contributed by atoms with Gasteiger partial charge < -0.3 is 0 Å². The van der Waals surface area contributed by atoms with Crippen molar-refractivity contribution in [2.24, 2.45) is 4.99 Å². The molecule has 3 aromatic rings. The van der Waals surface area contributed by atoms with Gasteiger partial charge in [0, 0.05) is 5.39 Å². The average Bonchev–Trinajstić information content (AvgIpc) is 3.26. The van der Waals surface area contributed by atoms with Gasteiger partial charge in [-0.2, -0.15) is 36.4 Å². The zero-order chi connectivity index (χ0) is 25.5. The Balaban J connectivity index is 1.68. The Hall–Kier alpha value is -2.00. The molecule has 2 heterocycles. The molecule has 0 N–H and O–H groups in total. The van der Waals surface area contributed by atoms with E-state index in [2.05, 4.69) is 10.1 Å². The minimum absolute atomic E-state index is 0.125. The summed E-state index contributed by atoms with van der Waals surface area (Å²) in [4.78, 5) is 16.6. The highest BCUT2D eigenvalue weighted by molar-refractivity contribution is 14.1. The minimum atomic E-state index is -4.96. The molecule has 4 nitrogen and oxygen atoms in total. The summed E-state index contributed by atoms with van der Waals surface area (Å²) in [6.45, 7) is 1.59. The Morgan fingerprint density at radius 1 is 1.09 bits per heavy atom. The third-order valence-corrected chi connectivity index (χ3v) is 7.76. The highest BCUT2D eigenvalue weighted by atomic mass is 127. The molecule has 35 heavy (non-hydrogen) atoms. The van der Waals surface area contributed by atoms with Crippen molar-refractivity contribution in [2.45, 2.75) is 25.8 Å². The van der Waals surface area contributed by atoms with E-state index >= 15 is 0 Å². The lowest BCUT2D eigenvalue weighted by molar-refractivity contribution is -0.143. The number of nitrogens with zero attached hydrogens (tertiary/aromatic N) is 3. The Bertz CT molecular complexity index is 1380. The first kappa shape index (κ1) is 26.1. The molecule has 184 valence electrons. The predicted molar refractivity (Wildman–Crippen MR) is 134 cm³/mol. The predicted octanol–water partition coefficient (Wildman–Crippen LogP) is 7.45. The van der Waals surface area contributed by atoms with Gasteiger partial charge in [0.05, 0.1) is 28.1 Å². The molecule has 4 rings (SSSR count). The fraction of sp³-hybridized carbons (Fsp3) is 0.227. The van der Waals surface area contributed by atoms with Crippen LogP contribution in [0.2, 0.25) is 0 Å². The lowest BCUT2D eigenvalue weighted by Crippen LogP contribution is -2.15. The third kappa shape index (κ3) is 5.71. The number of fused-ring (bicyclic) bond motifs is 1. The summed E-state index contributed by atoms with van der Waals surface area (Å²) < 4.78 is 82.1. The summed E-state index contributed by atoms with van der Waals surface area (Å²) in [5.41, 5.74) is -1.86. The zero-order valence-electron chi connectivity index (χ0n) is 17.7. The first-order valence-corrected chi connectivity index (χ1v) is 12.8. The highest BCUT2D eigenvalue weighted by Gasteiger charge is 2.38. The van der Waals surface area contributed by atoms with E-state index in [1.165, 1.54) is 28.2 Å². The van der Waals surface area contributed by atoms with Gasteiger partial charge in [0.1, 0.15) is 8.08 Å². The Labute approximate surface area is 217 Å². The van der Waals surface area contributed by atoms with Crippen molar-refractivity contribution in [1.82, 2.24) is 9.78 Å². The normalized spacial score (nSPS) is 15.9. The van der Waals surface area contributed by atoms with Crippen molar-refractivity contribution in [2.75, 3.05) is 5.75 Å². The molecule has 1 aliphatic heterocycles. The largest absolute Gasteiger partial charge is 0.416 e. The first-order valence-electron chi connectivity index (χ1n) is 9.95. The molecule has 1 aromatic heterocycles. The smallest absolute Gasteiger partial charge is 0.266 e. The average molecular weight is 641 g/mol. The molecule has 0 saturated carbocycles. The number of carbonyl (C=O) groups is 1. The molecule has 13 heteroatoms. The van der Waals surface area contributed by atoms with Crippen molar-refractivity contribution >= 4 is 73.4 Å². The summed E-state index contributed by atoms with van der Waals surface area (Å²) in [5, 5.41) is 4.94. The summed E-state index contributed by atoms with van der Waals surface area (Å²) in [6, 6.07) is 6.69. The summed E-state index contributed by atoms with van der Waals surface area (Å²) in [7, 11) is 0. The molecule has 2 aromatic carbocycles. The fourth-order valence-electron chi connectivity index (χ4n) is 3.41.